The molecule has 1 fully saturated rings. The molecule has 6 heteroatoms. The normalized spacial score (nSPS) is 22.0. The lowest BCUT2D eigenvalue weighted by Gasteiger charge is -2.21. The zero-order valence-corrected chi connectivity index (χ0v) is 12.1. The van der Waals surface area contributed by atoms with E-state index in [2.05, 4.69) is 5.32 Å². The van der Waals surface area contributed by atoms with Crippen molar-refractivity contribution >= 4 is 17.3 Å². The van der Waals surface area contributed by atoms with Crippen LogP contribution in [0.4, 0.5) is 18.9 Å². The Bertz CT molecular complexity index is 488. The van der Waals surface area contributed by atoms with E-state index in [1.807, 2.05) is 13.8 Å². The third-order valence-electron chi connectivity index (χ3n) is 3.38. The molecule has 1 atom stereocenters. The summed E-state index contributed by atoms with van der Waals surface area (Å²) in [5.41, 5.74) is -1.03. The van der Waals surface area contributed by atoms with Gasteiger partial charge >= 0.3 is 6.18 Å². The summed E-state index contributed by atoms with van der Waals surface area (Å²) in [7, 11) is 0. The van der Waals surface area contributed by atoms with Gasteiger partial charge in [0, 0.05) is 6.54 Å². The Morgan fingerprint density at radius 1 is 1.40 bits per heavy atom. The summed E-state index contributed by atoms with van der Waals surface area (Å²) in [6.45, 7) is 4.27. The van der Waals surface area contributed by atoms with Crippen LogP contribution in [0.25, 0.3) is 0 Å². The number of hydrogen-bond acceptors (Lipinski definition) is 2. The van der Waals surface area contributed by atoms with Gasteiger partial charge in [0.2, 0.25) is 0 Å². The number of rotatable bonds is 3. The first-order chi connectivity index (χ1) is 9.19. The van der Waals surface area contributed by atoms with Crippen LogP contribution >= 0.6 is 11.6 Å². The van der Waals surface area contributed by atoms with Crippen LogP contribution in [0.5, 0.6) is 0 Å². The van der Waals surface area contributed by atoms with Gasteiger partial charge in [-0.25, -0.2) is 0 Å². The van der Waals surface area contributed by atoms with Crippen molar-refractivity contribution in [1.29, 1.82) is 0 Å². The van der Waals surface area contributed by atoms with Crippen molar-refractivity contribution in [2.45, 2.75) is 44.6 Å². The Hall–Kier alpha value is -0.940. The van der Waals surface area contributed by atoms with Gasteiger partial charge in [-0.15, -0.1) is 0 Å². The van der Waals surface area contributed by atoms with Crippen molar-refractivity contribution in [2.24, 2.45) is 0 Å². The summed E-state index contributed by atoms with van der Waals surface area (Å²) < 4.78 is 44.5. The molecular weight excluding hydrogens is 291 g/mol. The van der Waals surface area contributed by atoms with E-state index in [-0.39, 0.29) is 22.4 Å². The molecule has 1 saturated heterocycles. The number of anilines is 1. The van der Waals surface area contributed by atoms with Gasteiger partial charge in [-0.3, -0.25) is 0 Å². The largest absolute Gasteiger partial charge is 0.418 e. The van der Waals surface area contributed by atoms with Gasteiger partial charge in [-0.2, -0.15) is 13.2 Å². The summed E-state index contributed by atoms with van der Waals surface area (Å²) in [5.74, 6) is 0. The van der Waals surface area contributed by atoms with Gasteiger partial charge in [0.15, 0.2) is 0 Å². The fourth-order valence-electron chi connectivity index (χ4n) is 2.38. The molecule has 0 spiro atoms. The fraction of sp³-hybridized carbons (Fsp3) is 0.571. The zero-order chi connectivity index (χ0) is 15.0. The summed E-state index contributed by atoms with van der Waals surface area (Å²) in [6, 6.07) is 3.76. The summed E-state index contributed by atoms with van der Waals surface area (Å²) in [5, 5.41) is 2.86. The SMILES string of the molecule is CC1(C)CCC(CNc2c(Cl)cccc2C(F)(F)F)O1. The van der Waals surface area contributed by atoms with E-state index in [0.29, 0.717) is 6.54 Å². The molecule has 1 aromatic rings. The highest BCUT2D eigenvalue weighted by Crippen LogP contribution is 2.39. The molecule has 0 amide bonds. The average Bonchev–Trinajstić information content (AvgIpc) is 2.66. The van der Waals surface area contributed by atoms with Gasteiger partial charge in [0.25, 0.3) is 0 Å². The molecule has 1 heterocycles. The van der Waals surface area contributed by atoms with E-state index in [9.17, 15) is 13.2 Å². The van der Waals surface area contributed by atoms with Gasteiger partial charge in [0.05, 0.1) is 28.0 Å². The van der Waals surface area contributed by atoms with E-state index in [1.165, 1.54) is 12.1 Å². The highest BCUT2D eigenvalue weighted by atomic mass is 35.5. The number of alkyl halides is 3. The third-order valence-corrected chi connectivity index (χ3v) is 3.69. The molecule has 20 heavy (non-hydrogen) atoms. The molecule has 2 rings (SSSR count). The lowest BCUT2D eigenvalue weighted by Crippen LogP contribution is -2.25. The number of ether oxygens (including phenoxy) is 1. The molecule has 1 aliphatic rings. The molecule has 112 valence electrons. The minimum absolute atomic E-state index is 0.0667. The number of nitrogens with one attached hydrogen (secondary N) is 1. The Balaban J connectivity index is 2.10. The first-order valence-corrected chi connectivity index (χ1v) is 6.84. The van der Waals surface area contributed by atoms with E-state index in [0.717, 1.165) is 18.9 Å². The van der Waals surface area contributed by atoms with Gasteiger partial charge in [0.1, 0.15) is 0 Å². The van der Waals surface area contributed by atoms with Crippen LogP contribution in [0.15, 0.2) is 18.2 Å². The predicted molar refractivity (Wildman–Crippen MR) is 73.1 cm³/mol. The van der Waals surface area contributed by atoms with Crippen molar-refractivity contribution in [3.05, 3.63) is 28.8 Å². The minimum Gasteiger partial charge on any atom is -0.381 e. The summed E-state index contributed by atoms with van der Waals surface area (Å²) in [6.07, 6.45) is -2.80. The molecule has 0 aliphatic carbocycles. The van der Waals surface area contributed by atoms with Crippen LogP contribution in [-0.4, -0.2) is 18.2 Å². The highest BCUT2D eigenvalue weighted by molar-refractivity contribution is 6.33. The van der Waals surface area contributed by atoms with Crippen LogP contribution in [-0.2, 0) is 10.9 Å². The first-order valence-electron chi connectivity index (χ1n) is 6.46. The maximum Gasteiger partial charge on any atom is 0.418 e. The van der Waals surface area contributed by atoms with Crippen LogP contribution in [0, 0.1) is 0 Å². The summed E-state index contributed by atoms with van der Waals surface area (Å²) in [4.78, 5) is 0. The molecule has 1 unspecified atom stereocenters. The second kappa shape index (κ2) is 5.45. The van der Waals surface area contributed by atoms with Crippen LogP contribution in [0.1, 0.15) is 32.3 Å². The molecular formula is C14H17ClF3NO. The molecule has 0 saturated carbocycles. The Kier molecular flexibility index (Phi) is 4.21. The molecule has 1 aliphatic heterocycles. The standard InChI is InChI=1S/C14H17ClF3NO/c1-13(2)7-6-9(20-13)8-19-12-10(14(16,17)18)4-3-5-11(12)15/h3-5,9,19H,6-8H2,1-2H3. The molecule has 0 bridgehead atoms. The fourth-order valence-corrected chi connectivity index (χ4v) is 2.62. The van der Waals surface area contributed by atoms with E-state index in [1.54, 1.807) is 0 Å². The average molecular weight is 308 g/mol. The number of hydrogen-bond donors (Lipinski definition) is 1. The smallest absolute Gasteiger partial charge is 0.381 e. The maximum absolute atomic E-state index is 12.9. The van der Waals surface area contributed by atoms with Crippen LogP contribution < -0.4 is 5.32 Å². The van der Waals surface area contributed by atoms with Crippen LogP contribution in [0.2, 0.25) is 5.02 Å². The molecule has 1 aromatic carbocycles. The predicted octanol–water partition coefficient (Wildman–Crippen LogP) is 4.73. The van der Waals surface area contributed by atoms with Crippen molar-refractivity contribution in [2.75, 3.05) is 11.9 Å². The van der Waals surface area contributed by atoms with Gasteiger partial charge in [-0.1, -0.05) is 17.7 Å². The van der Waals surface area contributed by atoms with E-state index >= 15 is 0 Å². The van der Waals surface area contributed by atoms with Crippen molar-refractivity contribution in [3.63, 3.8) is 0 Å². The van der Waals surface area contributed by atoms with Crippen molar-refractivity contribution in [1.82, 2.24) is 0 Å². The first kappa shape index (κ1) is 15.4. The van der Waals surface area contributed by atoms with Gasteiger partial charge < -0.3 is 10.1 Å². The second-order valence-corrected chi connectivity index (χ2v) is 5.99. The third kappa shape index (κ3) is 3.58. The molecule has 2 nitrogen and oxygen atoms in total. The number of halogens is 4. The Morgan fingerprint density at radius 2 is 2.10 bits per heavy atom. The zero-order valence-electron chi connectivity index (χ0n) is 11.4. The Labute approximate surface area is 121 Å². The topological polar surface area (TPSA) is 21.3 Å². The lowest BCUT2D eigenvalue weighted by atomic mass is 10.1. The maximum atomic E-state index is 12.9. The van der Waals surface area contributed by atoms with Crippen LogP contribution in [0.3, 0.4) is 0 Å². The van der Waals surface area contributed by atoms with E-state index < -0.39 is 11.7 Å². The number of benzene rings is 1. The lowest BCUT2D eigenvalue weighted by molar-refractivity contribution is -0.137. The monoisotopic (exact) mass is 307 g/mol. The van der Waals surface area contributed by atoms with Crippen molar-refractivity contribution in [3.8, 4) is 0 Å². The molecule has 0 aromatic heterocycles. The quantitative estimate of drug-likeness (QED) is 0.871. The molecule has 1 N–H and O–H groups in total. The second-order valence-electron chi connectivity index (χ2n) is 5.58. The molecule has 0 radical (unpaired) electrons. The summed E-state index contributed by atoms with van der Waals surface area (Å²) >= 11 is 5.87. The number of para-hydroxylation sites is 1. The van der Waals surface area contributed by atoms with Crippen molar-refractivity contribution < 1.29 is 17.9 Å². The van der Waals surface area contributed by atoms with E-state index in [4.69, 9.17) is 16.3 Å². The highest BCUT2D eigenvalue weighted by Gasteiger charge is 2.35. The Morgan fingerprint density at radius 3 is 2.65 bits per heavy atom. The van der Waals surface area contributed by atoms with Gasteiger partial charge in [-0.05, 0) is 38.8 Å². The minimum atomic E-state index is -4.43.